The number of thiophene rings is 1. The third-order valence-electron chi connectivity index (χ3n) is 2.97. The van der Waals surface area contributed by atoms with Gasteiger partial charge in [-0.1, -0.05) is 22.9 Å². The fourth-order valence-electron chi connectivity index (χ4n) is 1.92. The summed E-state index contributed by atoms with van der Waals surface area (Å²) in [6.07, 6.45) is 0.942. The molecule has 1 saturated heterocycles. The lowest BCUT2D eigenvalue weighted by atomic mass is 10.1. The summed E-state index contributed by atoms with van der Waals surface area (Å²) in [5, 5.41) is 0.354. The quantitative estimate of drug-likeness (QED) is 0.633. The standard InChI is InChI=1S/C12H14BrNO2S/c1-8-4-5-14(12(8)16)7-9-2-3-11(17-9)10(15)6-13/h2-3,8H,4-7H2,1H3. The molecule has 1 aromatic heterocycles. The normalized spacial score (nSPS) is 20.0. The molecule has 0 bridgehead atoms. The van der Waals surface area contributed by atoms with Gasteiger partial charge in [-0.2, -0.15) is 0 Å². The van der Waals surface area contributed by atoms with Gasteiger partial charge in [0.15, 0.2) is 5.78 Å². The number of alkyl halides is 1. The van der Waals surface area contributed by atoms with Gasteiger partial charge in [0.1, 0.15) is 0 Å². The first-order valence-corrected chi connectivity index (χ1v) is 7.52. The maximum Gasteiger partial charge on any atom is 0.225 e. The summed E-state index contributed by atoms with van der Waals surface area (Å²) in [5.74, 6) is 0.479. The predicted octanol–water partition coefficient (Wildman–Crippen LogP) is 2.69. The van der Waals surface area contributed by atoms with E-state index in [0.717, 1.165) is 22.7 Å². The molecule has 1 atom stereocenters. The Hall–Kier alpha value is -0.680. The molecule has 1 aromatic rings. The fourth-order valence-corrected chi connectivity index (χ4v) is 3.37. The average Bonchev–Trinajstić information content (AvgIpc) is 2.91. The lowest BCUT2D eigenvalue weighted by Gasteiger charge is -2.14. The molecule has 0 spiro atoms. The van der Waals surface area contributed by atoms with Crippen molar-refractivity contribution in [2.45, 2.75) is 19.9 Å². The highest BCUT2D eigenvalue weighted by atomic mass is 79.9. The summed E-state index contributed by atoms with van der Waals surface area (Å²) < 4.78 is 0. The van der Waals surface area contributed by atoms with Crippen molar-refractivity contribution in [3.63, 3.8) is 0 Å². The second kappa shape index (κ2) is 5.31. The van der Waals surface area contributed by atoms with Crippen LogP contribution in [0.2, 0.25) is 0 Å². The van der Waals surface area contributed by atoms with E-state index in [0.29, 0.717) is 11.9 Å². The summed E-state index contributed by atoms with van der Waals surface area (Å²) >= 11 is 4.64. The zero-order chi connectivity index (χ0) is 12.4. The van der Waals surface area contributed by atoms with E-state index in [-0.39, 0.29) is 17.6 Å². The highest BCUT2D eigenvalue weighted by Gasteiger charge is 2.28. The minimum atomic E-state index is 0.0994. The number of carbonyl (C=O) groups excluding carboxylic acids is 2. The van der Waals surface area contributed by atoms with Crippen molar-refractivity contribution in [1.82, 2.24) is 4.90 Å². The van der Waals surface area contributed by atoms with E-state index in [9.17, 15) is 9.59 Å². The molecular weight excluding hydrogens is 302 g/mol. The Labute approximate surface area is 113 Å². The van der Waals surface area contributed by atoms with Crippen LogP contribution in [-0.2, 0) is 11.3 Å². The number of nitrogens with zero attached hydrogens (tertiary/aromatic N) is 1. The van der Waals surface area contributed by atoms with E-state index in [1.54, 1.807) is 0 Å². The third-order valence-corrected chi connectivity index (χ3v) is 4.59. The van der Waals surface area contributed by atoms with Crippen LogP contribution in [0.25, 0.3) is 0 Å². The number of halogens is 1. The van der Waals surface area contributed by atoms with Crippen LogP contribution in [0, 0.1) is 5.92 Å². The Morgan fingerprint density at radius 2 is 2.35 bits per heavy atom. The van der Waals surface area contributed by atoms with E-state index >= 15 is 0 Å². The van der Waals surface area contributed by atoms with Crippen molar-refractivity contribution in [2.24, 2.45) is 5.92 Å². The van der Waals surface area contributed by atoms with Crippen molar-refractivity contribution in [1.29, 1.82) is 0 Å². The van der Waals surface area contributed by atoms with Crippen molar-refractivity contribution in [2.75, 3.05) is 11.9 Å². The Bertz CT molecular complexity index is 443. The third kappa shape index (κ3) is 2.77. The van der Waals surface area contributed by atoms with Crippen LogP contribution in [0.15, 0.2) is 12.1 Å². The molecule has 1 aliphatic rings. The van der Waals surface area contributed by atoms with Gasteiger partial charge in [-0.05, 0) is 18.6 Å². The second-order valence-electron chi connectivity index (χ2n) is 4.27. The number of hydrogen-bond donors (Lipinski definition) is 0. The molecule has 17 heavy (non-hydrogen) atoms. The molecule has 0 aromatic carbocycles. The van der Waals surface area contributed by atoms with Gasteiger partial charge >= 0.3 is 0 Å². The first-order valence-electron chi connectivity index (χ1n) is 5.58. The highest BCUT2D eigenvalue weighted by molar-refractivity contribution is 9.09. The first kappa shape index (κ1) is 12.8. The lowest BCUT2D eigenvalue weighted by Crippen LogP contribution is -2.25. The largest absolute Gasteiger partial charge is 0.337 e. The molecule has 0 saturated carbocycles. The van der Waals surface area contributed by atoms with E-state index < -0.39 is 0 Å². The highest BCUT2D eigenvalue weighted by Crippen LogP contribution is 2.24. The van der Waals surface area contributed by atoms with Gasteiger partial charge in [0.2, 0.25) is 5.91 Å². The summed E-state index contributed by atoms with van der Waals surface area (Å²) in [5.41, 5.74) is 0. The van der Waals surface area contributed by atoms with Gasteiger partial charge in [0.25, 0.3) is 0 Å². The zero-order valence-electron chi connectivity index (χ0n) is 9.61. The van der Waals surface area contributed by atoms with Crippen molar-refractivity contribution in [3.8, 4) is 0 Å². The topological polar surface area (TPSA) is 37.4 Å². The molecule has 0 aliphatic carbocycles. The Kier molecular flexibility index (Phi) is 3.99. The molecule has 1 aliphatic heterocycles. The van der Waals surface area contributed by atoms with Crippen molar-refractivity contribution >= 4 is 39.0 Å². The first-order chi connectivity index (χ1) is 8.11. The lowest BCUT2D eigenvalue weighted by molar-refractivity contribution is -0.130. The molecule has 0 radical (unpaired) electrons. The van der Waals surface area contributed by atoms with Crippen LogP contribution in [0.4, 0.5) is 0 Å². The molecule has 5 heteroatoms. The number of hydrogen-bond acceptors (Lipinski definition) is 3. The number of Topliss-reactive ketones (excluding diaryl/α,β-unsaturated/α-hetero) is 1. The van der Waals surface area contributed by atoms with Crippen LogP contribution in [-0.4, -0.2) is 28.5 Å². The zero-order valence-corrected chi connectivity index (χ0v) is 12.0. The molecule has 1 amide bonds. The average molecular weight is 316 g/mol. The minimum Gasteiger partial charge on any atom is -0.337 e. The van der Waals surface area contributed by atoms with Gasteiger partial charge in [-0.15, -0.1) is 11.3 Å². The van der Waals surface area contributed by atoms with E-state index in [1.165, 1.54) is 11.3 Å². The second-order valence-corrected chi connectivity index (χ2v) is 6.00. The Morgan fingerprint density at radius 1 is 1.59 bits per heavy atom. The summed E-state index contributed by atoms with van der Waals surface area (Å²) in [4.78, 5) is 26.9. The molecule has 1 fully saturated rings. The molecule has 92 valence electrons. The Balaban J connectivity index is 2.02. The molecule has 0 N–H and O–H groups in total. The van der Waals surface area contributed by atoms with Gasteiger partial charge in [-0.25, -0.2) is 0 Å². The maximum atomic E-state index is 11.8. The smallest absolute Gasteiger partial charge is 0.225 e. The number of ketones is 1. The van der Waals surface area contributed by atoms with E-state index in [1.807, 2.05) is 24.0 Å². The van der Waals surface area contributed by atoms with Gasteiger partial charge in [0, 0.05) is 17.3 Å². The van der Waals surface area contributed by atoms with Crippen molar-refractivity contribution < 1.29 is 9.59 Å². The van der Waals surface area contributed by atoms with Crippen LogP contribution < -0.4 is 0 Å². The number of likely N-dealkylation sites (tertiary alicyclic amines) is 1. The molecular formula is C12H14BrNO2S. The van der Waals surface area contributed by atoms with E-state index in [2.05, 4.69) is 15.9 Å². The van der Waals surface area contributed by atoms with Gasteiger partial charge < -0.3 is 4.90 Å². The predicted molar refractivity (Wildman–Crippen MR) is 71.6 cm³/mol. The Morgan fingerprint density at radius 3 is 2.94 bits per heavy atom. The summed E-state index contributed by atoms with van der Waals surface area (Å²) in [7, 11) is 0. The maximum absolute atomic E-state index is 11.8. The van der Waals surface area contributed by atoms with E-state index in [4.69, 9.17) is 0 Å². The van der Waals surface area contributed by atoms with Gasteiger partial charge in [0.05, 0.1) is 16.8 Å². The van der Waals surface area contributed by atoms with Crippen molar-refractivity contribution in [3.05, 3.63) is 21.9 Å². The minimum absolute atomic E-state index is 0.0994. The van der Waals surface area contributed by atoms with Gasteiger partial charge in [-0.3, -0.25) is 9.59 Å². The molecule has 2 heterocycles. The molecule has 2 rings (SSSR count). The number of rotatable bonds is 4. The SMILES string of the molecule is CC1CCN(Cc2ccc(C(=O)CBr)s2)C1=O. The molecule has 3 nitrogen and oxygen atoms in total. The summed E-state index contributed by atoms with van der Waals surface area (Å²) in [6.45, 7) is 3.44. The van der Waals surface area contributed by atoms with Crippen LogP contribution in [0.1, 0.15) is 27.9 Å². The van der Waals surface area contributed by atoms with Crippen LogP contribution in [0.5, 0.6) is 0 Å². The molecule has 1 unspecified atom stereocenters. The number of amides is 1. The van der Waals surface area contributed by atoms with Crippen LogP contribution in [0.3, 0.4) is 0 Å². The van der Waals surface area contributed by atoms with Crippen LogP contribution >= 0.6 is 27.3 Å². The fraction of sp³-hybridized carbons (Fsp3) is 0.500. The monoisotopic (exact) mass is 315 g/mol. The number of carbonyl (C=O) groups is 2. The summed E-state index contributed by atoms with van der Waals surface area (Å²) in [6, 6.07) is 3.78.